The number of aromatic nitrogens is 1. The van der Waals surface area contributed by atoms with Crippen molar-refractivity contribution in [2.45, 2.75) is 0 Å². The molecule has 0 saturated heterocycles. The van der Waals surface area contributed by atoms with E-state index in [1.165, 1.54) is 71.1 Å². The van der Waals surface area contributed by atoms with Crippen LogP contribution in [0.5, 0.6) is 0 Å². The summed E-state index contributed by atoms with van der Waals surface area (Å²) in [5.41, 5.74) is 8.86. The van der Waals surface area contributed by atoms with Gasteiger partial charge in [0.15, 0.2) is 0 Å². The van der Waals surface area contributed by atoms with Crippen molar-refractivity contribution in [3.63, 3.8) is 0 Å². The lowest BCUT2D eigenvalue weighted by molar-refractivity contribution is 1.37. The molecule has 2 heterocycles. The summed E-state index contributed by atoms with van der Waals surface area (Å²) in [6.45, 7) is 0. The molecule has 0 saturated carbocycles. The second kappa shape index (κ2) is 6.94. The van der Waals surface area contributed by atoms with E-state index in [0.717, 1.165) is 0 Å². The molecule has 0 radical (unpaired) electrons. The molecule has 162 valence electrons. The first-order chi connectivity index (χ1) is 17.3. The van der Waals surface area contributed by atoms with E-state index >= 15 is 0 Å². The summed E-state index contributed by atoms with van der Waals surface area (Å²) in [6.07, 6.45) is 0. The van der Waals surface area contributed by atoms with Gasteiger partial charge >= 0.3 is 0 Å². The fourth-order valence-corrected chi connectivity index (χ4v) is 5.86. The van der Waals surface area contributed by atoms with Crippen molar-refractivity contribution in [3.8, 4) is 22.3 Å². The summed E-state index contributed by atoms with van der Waals surface area (Å²) in [5.74, 6) is 0. The predicted octanol–water partition coefficient (Wildman–Crippen LogP) is 9.32. The average molecular weight is 444 g/mol. The van der Waals surface area contributed by atoms with Gasteiger partial charge < -0.3 is 4.40 Å². The quantitative estimate of drug-likeness (QED) is 0.251. The van der Waals surface area contributed by atoms with Crippen LogP contribution in [0.15, 0.2) is 127 Å². The van der Waals surface area contributed by atoms with Crippen LogP contribution in [0.4, 0.5) is 0 Å². The molecule has 0 N–H and O–H groups in total. The maximum absolute atomic E-state index is 2.44. The lowest BCUT2D eigenvalue weighted by atomic mass is 9.96. The van der Waals surface area contributed by atoms with Gasteiger partial charge in [-0.3, -0.25) is 0 Å². The predicted molar refractivity (Wildman–Crippen MR) is 149 cm³/mol. The van der Waals surface area contributed by atoms with Crippen LogP contribution in [0.3, 0.4) is 0 Å². The van der Waals surface area contributed by atoms with Crippen molar-refractivity contribution in [1.29, 1.82) is 0 Å². The summed E-state index contributed by atoms with van der Waals surface area (Å²) in [7, 11) is 0. The van der Waals surface area contributed by atoms with E-state index in [9.17, 15) is 0 Å². The molecule has 0 aliphatic rings. The van der Waals surface area contributed by atoms with Gasteiger partial charge in [-0.05, 0) is 63.4 Å². The Labute approximate surface area is 202 Å². The van der Waals surface area contributed by atoms with E-state index in [-0.39, 0.29) is 0 Å². The maximum Gasteiger partial charge on any atom is 0.0620 e. The highest BCUT2D eigenvalue weighted by molar-refractivity contribution is 6.23. The third kappa shape index (κ3) is 2.64. The molecular formula is C34H21N. The first-order valence-electron chi connectivity index (χ1n) is 12.1. The topological polar surface area (TPSA) is 4.41 Å². The van der Waals surface area contributed by atoms with E-state index < -0.39 is 0 Å². The minimum Gasteiger partial charge on any atom is -0.308 e. The first-order valence-corrected chi connectivity index (χ1v) is 12.1. The van der Waals surface area contributed by atoms with Gasteiger partial charge in [-0.25, -0.2) is 0 Å². The van der Waals surface area contributed by atoms with Crippen LogP contribution in [-0.4, -0.2) is 4.40 Å². The van der Waals surface area contributed by atoms with Gasteiger partial charge in [-0.1, -0.05) is 97.1 Å². The summed E-state index contributed by atoms with van der Waals surface area (Å²) >= 11 is 0. The number of benzene rings is 6. The van der Waals surface area contributed by atoms with Gasteiger partial charge in [0.25, 0.3) is 0 Å². The maximum atomic E-state index is 2.44. The largest absolute Gasteiger partial charge is 0.308 e. The first kappa shape index (κ1) is 18.8. The van der Waals surface area contributed by atoms with Crippen LogP contribution in [0.2, 0.25) is 0 Å². The fraction of sp³-hybridized carbons (Fsp3) is 0. The third-order valence-corrected chi connectivity index (χ3v) is 7.50. The molecule has 0 aliphatic heterocycles. The number of nitrogens with zero attached hydrogens (tertiary/aromatic N) is 1. The molecule has 6 aromatic carbocycles. The van der Waals surface area contributed by atoms with Crippen molar-refractivity contribution >= 4 is 48.9 Å². The van der Waals surface area contributed by atoms with Gasteiger partial charge in [0.1, 0.15) is 0 Å². The van der Waals surface area contributed by atoms with Crippen molar-refractivity contribution in [3.05, 3.63) is 127 Å². The van der Waals surface area contributed by atoms with Gasteiger partial charge in [0.05, 0.1) is 16.6 Å². The van der Waals surface area contributed by atoms with Crippen molar-refractivity contribution in [1.82, 2.24) is 4.40 Å². The number of hydrogen-bond donors (Lipinski definition) is 0. The molecule has 2 aromatic heterocycles. The lowest BCUT2D eigenvalue weighted by Crippen LogP contribution is -1.84. The Morgan fingerprint density at radius 1 is 0.343 bits per heavy atom. The molecule has 8 rings (SSSR count). The molecule has 0 fully saturated rings. The van der Waals surface area contributed by atoms with Crippen LogP contribution < -0.4 is 0 Å². The van der Waals surface area contributed by atoms with E-state index in [1.807, 2.05) is 0 Å². The van der Waals surface area contributed by atoms with Crippen LogP contribution in [-0.2, 0) is 0 Å². The standard InChI is InChI=1S/C34H21N/c1-2-8-23-19-26(16-15-22(23)7-1)24-9-5-10-25(20-24)27-17-18-33-31(21-27)30-13-6-12-29-28-11-3-4-14-32(28)35(33)34(29)30/h1-21H. The normalized spacial score (nSPS) is 12.0. The van der Waals surface area contributed by atoms with Crippen molar-refractivity contribution in [2.24, 2.45) is 0 Å². The zero-order chi connectivity index (χ0) is 22.9. The Kier molecular flexibility index (Phi) is 3.72. The molecule has 8 aromatic rings. The van der Waals surface area contributed by atoms with Crippen LogP contribution in [0, 0.1) is 0 Å². The smallest absolute Gasteiger partial charge is 0.0620 e. The molecule has 0 amide bonds. The summed E-state index contributed by atoms with van der Waals surface area (Å²) in [5, 5.41) is 7.83. The highest BCUT2D eigenvalue weighted by Gasteiger charge is 2.17. The van der Waals surface area contributed by atoms with E-state index in [2.05, 4.69) is 132 Å². The number of para-hydroxylation sites is 2. The van der Waals surface area contributed by atoms with Gasteiger partial charge in [-0.2, -0.15) is 0 Å². The minimum atomic E-state index is 1.24. The molecule has 0 bridgehead atoms. The summed E-state index contributed by atoms with van der Waals surface area (Å²) in [6, 6.07) is 46.5. The monoisotopic (exact) mass is 443 g/mol. The Bertz CT molecular complexity index is 2060. The molecule has 1 nitrogen and oxygen atoms in total. The van der Waals surface area contributed by atoms with Gasteiger partial charge in [0, 0.05) is 21.5 Å². The second-order valence-corrected chi connectivity index (χ2v) is 9.43. The van der Waals surface area contributed by atoms with E-state index in [0.29, 0.717) is 0 Å². The van der Waals surface area contributed by atoms with Crippen LogP contribution in [0.1, 0.15) is 0 Å². The average Bonchev–Trinajstić information content (AvgIpc) is 3.45. The Morgan fingerprint density at radius 2 is 0.943 bits per heavy atom. The Morgan fingerprint density at radius 3 is 1.83 bits per heavy atom. The van der Waals surface area contributed by atoms with Crippen molar-refractivity contribution < 1.29 is 0 Å². The highest BCUT2D eigenvalue weighted by Crippen LogP contribution is 2.40. The minimum absolute atomic E-state index is 1.24. The number of rotatable bonds is 2. The molecule has 0 unspecified atom stereocenters. The molecule has 35 heavy (non-hydrogen) atoms. The Hall–Kier alpha value is -4.62. The SMILES string of the molecule is c1cc(-c2ccc3ccccc3c2)cc(-c2ccc3c(c2)c2cccc4c5ccccc5n3c42)c1. The van der Waals surface area contributed by atoms with Gasteiger partial charge in [-0.15, -0.1) is 0 Å². The fourth-order valence-electron chi connectivity index (χ4n) is 5.86. The summed E-state index contributed by atoms with van der Waals surface area (Å²) < 4.78 is 2.44. The zero-order valence-electron chi connectivity index (χ0n) is 19.1. The summed E-state index contributed by atoms with van der Waals surface area (Å²) in [4.78, 5) is 0. The molecular weight excluding hydrogens is 422 g/mol. The lowest BCUT2D eigenvalue weighted by Gasteiger charge is -2.08. The zero-order valence-corrected chi connectivity index (χ0v) is 19.1. The highest BCUT2D eigenvalue weighted by atomic mass is 14.9. The second-order valence-electron chi connectivity index (χ2n) is 9.43. The van der Waals surface area contributed by atoms with Crippen LogP contribution >= 0.6 is 0 Å². The molecule has 0 aliphatic carbocycles. The van der Waals surface area contributed by atoms with Gasteiger partial charge in [0.2, 0.25) is 0 Å². The Balaban J connectivity index is 1.33. The number of fused-ring (bicyclic) bond motifs is 7. The molecule has 1 heteroatoms. The number of hydrogen-bond acceptors (Lipinski definition) is 0. The molecule has 0 atom stereocenters. The van der Waals surface area contributed by atoms with E-state index in [1.54, 1.807) is 0 Å². The van der Waals surface area contributed by atoms with E-state index in [4.69, 9.17) is 0 Å². The van der Waals surface area contributed by atoms with Crippen LogP contribution in [0.25, 0.3) is 71.1 Å². The van der Waals surface area contributed by atoms with Crippen molar-refractivity contribution in [2.75, 3.05) is 0 Å². The molecule has 0 spiro atoms. The third-order valence-electron chi connectivity index (χ3n) is 7.50.